The molecule has 4 N–H and O–H groups in total. The number of fused-ring (bicyclic) bond motifs is 1. The number of aromatic nitrogens is 1. The number of β-amino-alcohol motifs (C(OH)–C–C–N with tert-alkyl or cyclic N) is 1. The molecule has 1 aromatic heterocycles. The average molecular weight is 748 g/mol. The Morgan fingerprint density at radius 1 is 1.06 bits per heavy atom. The molecule has 2 amide bonds. The number of carbonyl (C=O) groups excluding carboxylic acids is 2. The number of rotatable bonds is 13. The first kappa shape index (κ1) is 38.8. The Labute approximate surface area is 312 Å². The summed E-state index contributed by atoms with van der Waals surface area (Å²) in [5.74, 6) is -0.978. The highest BCUT2D eigenvalue weighted by molar-refractivity contribution is 5.82. The van der Waals surface area contributed by atoms with Gasteiger partial charge in [0.2, 0.25) is 11.8 Å². The quantitative estimate of drug-likeness (QED) is 0.160. The topological polar surface area (TPSA) is 140 Å². The molecule has 0 aliphatic carbocycles. The van der Waals surface area contributed by atoms with Crippen LogP contribution >= 0.6 is 0 Å². The smallest absolute Gasteiger partial charge is 0.405 e. The van der Waals surface area contributed by atoms with Gasteiger partial charge in [0, 0.05) is 54.9 Å². The van der Waals surface area contributed by atoms with Crippen LogP contribution in [0.2, 0.25) is 0 Å². The molecule has 2 aliphatic heterocycles. The van der Waals surface area contributed by atoms with Crippen LogP contribution in [0.4, 0.5) is 13.2 Å². The van der Waals surface area contributed by atoms with Crippen molar-refractivity contribution in [2.75, 3.05) is 39.3 Å². The van der Waals surface area contributed by atoms with E-state index in [0.717, 1.165) is 5.56 Å². The monoisotopic (exact) mass is 747 g/mol. The summed E-state index contributed by atoms with van der Waals surface area (Å²) in [6.07, 6.45) is -6.63. The number of nitrogens with zero attached hydrogens (tertiary/aromatic N) is 3. The zero-order chi connectivity index (χ0) is 38.5. The number of benzene rings is 2. The van der Waals surface area contributed by atoms with E-state index in [9.17, 15) is 33.0 Å². The first-order valence-corrected chi connectivity index (χ1v) is 17.9. The Hall–Kier alpha value is -4.94. The fourth-order valence-corrected chi connectivity index (χ4v) is 7.09. The molecule has 1 unspecified atom stereocenters. The normalized spacial score (nSPS) is 20.5. The second kappa shape index (κ2) is 16.6. The van der Waals surface area contributed by atoms with Crippen molar-refractivity contribution in [1.29, 1.82) is 0 Å². The second-order valence-corrected chi connectivity index (χ2v) is 14.3. The minimum Gasteiger partial charge on any atom is -0.490 e. The van der Waals surface area contributed by atoms with Crippen LogP contribution in [0.1, 0.15) is 43.2 Å². The lowest BCUT2D eigenvalue weighted by molar-refractivity contribution is -0.144. The Bertz CT molecular complexity index is 1860. The van der Waals surface area contributed by atoms with Gasteiger partial charge in [-0.2, -0.15) is 13.2 Å². The van der Waals surface area contributed by atoms with Crippen LogP contribution in [0.25, 0.3) is 11.3 Å². The van der Waals surface area contributed by atoms with E-state index in [2.05, 4.69) is 22.6 Å². The van der Waals surface area contributed by atoms with Crippen molar-refractivity contribution in [3.05, 3.63) is 108 Å². The van der Waals surface area contributed by atoms with Crippen molar-refractivity contribution in [2.24, 2.45) is 5.92 Å². The van der Waals surface area contributed by atoms with Gasteiger partial charge in [0.25, 0.3) is 0 Å². The molecular weight excluding hydrogens is 703 g/mol. The Balaban J connectivity index is 1.18. The van der Waals surface area contributed by atoms with E-state index in [-0.39, 0.29) is 39.1 Å². The molecule has 1 fully saturated rings. The fourth-order valence-electron chi connectivity index (χ4n) is 7.09. The van der Waals surface area contributed by atoms with Gasteiger partial charge in [0.1, 0.15) is 36.7 Å². The fraction of sp³-hybridized carbons (Fsp3) is 0.425. The average Bonchev–Trinajstić information content (AvgIpc) is 3.67. The standard InChI is InChI=1S/C40H44F3N5O6/c1-39(2,35-21-31(46-54-35)27-13-7-4-8-14-27)48-18-17-47(32(23-48)38(52)44-25-40(41,42)43)22-29(49)20-28(19-26-11-5-3-6-12-26)37(51)45-36-30-15-9-10-16-34(30)53-24-33(36)50/h3-5,7-11,13-16,21,28-29,32-33,36,49-50H,17-20,22-25H2,1-2H3,(H,44,52)(H,45,51)/t28-,29?,32+,33-,36+/m1/s1. The molecule has 0 bridgehead atoms. The maximum Gasteiger partial charge on any atom is 0.405 e. The number of para-hydroxylation sites is 1. The van der Waals surface area contributed by atoms with Gasteiger partial charge in [-0.05, 0) is 44.9 Å². The molecule has 5 atom stereocenters. The number of hydrogen-bond acceptors (Lipinski definition) is 9. The molecule has 3 heterocycles. The van der Waals surface area contributed by atoms with Crippen molar-refractivity contribution in [1.82, 2.24) is 25.6 Å². The van der Waals surface area contributed by atoms with Crippen LogP contribution in [0, 0.1) is 18.1 Å². The van der Waals surface area contributed by atoms with E-state index >= 15 is 0 Å². The van der Waals surface area contributed by atoms with E-state index in [1.54, 1.807) is 47.4 Å². The molecule has 4 aromatic rings. The first-order valence-electron chi connectivity index (χ1n) is 17.9. The molecule has 54 heavy (non-hydrogen) atoms. The van der Waals surface area contributed by atoms with Gasteiger partial charge in [0.05, 0.1) is 17.7 Å². The lowest BCUT2D eigenvalue weighted by Gasteiger charge is -2.46. The summed E-state index contributed by atoms with van der Waals surface area (Å²) in [6.45, 7) is 2.84. The Morgan fingerprint density at radius 2 is 1.81 bits per heavy atom. The largest absolute Gasteiger partial charge is 0.490 e. The molecule has 14 heteroatoms. The van der Waals surface area contributed by atoms with Crippen molar-refractivity contribution < 1.29 is 42.2 Å². The highest BCUT2D eigenvalue weighted by Gasteiger charge is 2.42. The van der Waals surface area contributed by atoms with Crippen molar-refractivity contribution in [2.45, 2.75) is 62.7 Å². The highest BCUT2D eigenvalue weighted by atomic mass is 19.4. The summed E-state index contributed by atoms with van der Waals surface area (Å²) < 4.78 is 51.1. The van der Waals surface area contributed by atoms with Crippen LogP contribution in [0.3, 0.4) is 0 Å². The number of ether oxygens (including phenoxy) is 1. The number of amides is 2. The lowest BCUT2D eigenvalue weighted by Crippen LogP contribution is -2.63. The van der Waals surface area contributed by atoms with Gasteiger partial charge >= 0.3 is 6.18 Å². The number of halogens is 3. The van der Waals surface area contributed by atoms with Gasteiger partial charge in [0.15, 0.2) is 5.76 Å². The van der Waals surface area contributed by atoms with Gasteiger partial charge in [-0.1, -0.05) is 71.9 Å². The van der Waals surface area contributed by atoms with Crippen LogP contribution in [-0.2, 0) is 21.5 Å². The third-order valence-corrected chi connectivity index (χ3v) is 10.1. The van der Waals surface area contributed by atoms with Crippen LogP contribution < -0.4 is 15.4 Å². The predicted molar refractivity (Wildman–Crippen MR) is 192 cm³/mol. The van der Waals surface area contributed by atoms with Gasteiger partial charge in [-0.3, -0.25) is 19.4 Å². The number of hydrogen-bond donors (Lipinski definition) is 4. The molecule has 11 nitrogen and oxygen atoms in total. The second-order valence-electron chi connectivity index (χ2n) is 14.3. The number of aliphatic hydroxyl groups is 2. The zero-order valence-electron chi connectivity index (χ0n) is 30.1. The zero-order valence-corrected chi connectivity index (χ0v) is 30.1. The van der Waals surface area contributed by atoms with E-state index in [1.165, 1.54) is 0 Å². The summed E-state index contributed by atoms with van der Waals surface area (Å²) in [6, 6.07) is 27.7. The maximum atomic E-state index is 13.9. The molecule has 6 rings (SSSR count). The number of carbonyl (C=O) groups is 2. The first-order chi connectivity index (χ1) is 25.8. The lowest BCUT2D eigenvalue weighted by atomic mass is 9.91. The van der Waals surface area contributed by atoms with Crippen LogP contribution in [-0.4, -0.2) is 101 Å². The molecule has 3 aromatic carbocycles. The molecule has 1 saturated heterocycles. The summed E-state index contributed by atoms with van der Waals surface area (Å²) >= 11 is 0. The number of nitrogens with one attached hydrogen (secondary N) is 2. The summed E-state index contributed by atoms with van der Waals surface area (Å²) in [5.41, 5.74) is 1.99. The van der Waals surface area contributed by atoms with Crippen LogP contribution in [0.15, 0.2) is 83.4 Å². The van der Waals surface area contributed by atoms with Crippen molar-refractivity contribution in [3.63, 3.8) is 0 Å². The van der Waals surface area contributed by atoms with Gasteiger partial charge < -0.3 is 30.1 Å². The van der Waals surface area contributed by atoms with Gasteiger partial charge in [-0.15, -0.1) is 0 Å². The summed E-state index contributed by atoms with van der Waals surface area (Å²) in [5, 5.41) is 31.5. The molecule has 286 valence electrons. The van der Waals surface area contributed by atoms with Crippen molar-refractivity contribution >= 4 is 11.8 Å². The molecule has 0 radical (unpaired) electrons. The third-order valence-electron chi connectivity index (χ3n) is 10.1. The molecule has 2 aliphatic rings. The molecule has 0 spiro atoms. The highest BCUT2D eigenvalue weighted by Crippen LogP contribution is 2.34. The predicted octanol–water partition coefficient (Wildman–Crippen LogP) is 4.06. The molecular formula is C40H44F3N5O6. The van der Waals surface area contributed by atoms with E-state index in [4.69, 9.17) is 9.26 Å². The minimum atomic E-state index is -4.62. The number of alkyl halides is 3. The summed E-state index contributed by atoms with van der Waals surface area (Å²) in [4.78, 5) is 31.0. The molecule has 0 saturated carbocycles. The van der Waals surface area contributed by atoms with Crippen LogP contribution in [0.5, 0.6) is 5.75 Å². The minimum absolute atomic E-state index is 0.0120. The Kier molecular flexibility index (Phi) is 11.9. The number of piperazine rings is 1. The van der Waals surface area contributed by atoms with E-state index in [0.29, 0.717) is 34.9 Å². The van der Waals surface area contributed by atoms with E-state index < -0.39 is 60.3 Å². The number of aliphatic hydroxyl groups excluding tert-OH is 2. The van der Waals surface area contributed by atoms with E-state index in [1.807, 2.05) is 60.5 Å². The third kappa shape index (κ3) is 9.40. The SMILES string of the molecule is CC(C)(c1cc(-c2ccccc2)no1)N1CCN(CC(O)C[C@@H](Cc2c#cccc2)C(=O)N[C@H]2c3ccccc3OC[C@H]2O)[C@H](C(=O)NCC(F)(F)F)C1. The summed E-state index contributed by atoms with van der Waals surface area (Å²) in [7, 11) is 0. The van der Waals surface area contributed by atoms with Gasteiger partial charge in [-0.25, -0.2) is 0 Å². The Morgan fingerprint density at radius 3 is 2.56 bits per heavy atom. The van der Waals surface area contributed by atoms with Crippen molar-refractivity contribution in [3.8, 4) is 17.0 Å². The maximum absolute atomic E-state index is 13.9.